The molecule has 0 radical (unpaired) electrons. The molecule has 2 heterocycles. The Morgan fingerprint density at radius 1 is 1.04 bits per heavy atom. The number of rotatable bonds is 6. The first-order valence-electron chi connectivity index (χ1n) is 8.38. The maximum absolute atomic E-state index is 4.49. The molecular weight excluding hydrogens is 328 g/mol. The molecule has 0 fully saturated rings. The quantitative estimate of drug-likeness (QED) is 0.701. The van der Waals surface area contributed by atoms with Gasteiger partial charge in [0, 0.05) is 36.8 Å². The Hall–Kier alpha value is -2.63. The molecule has 0 saturated carbocycles. The van der Waals surface area contributed by atoms with Crippen molar-refractivity contribution in [1.82, 2.24) is 10.4 Å². The van der Waals surface area contributed by atoms with Crippen LogP contribution in [0.3, 0.4) is 0 Å². The average molecular weight is 348 g/mol. The fourth-order valence-electron chi connectivity index (χ4n) is 2.76. The molecule has 1 aromatic heterocycles. The van der Waals surface area contributed by atoms with Gasteiger partial charge in [-0.05, 0) is 23.3 Å². The van der Waals surface area contributed by atoms with Crippen molar-refractivity contribution >= 4 is 22.2 Å². The Kier molecular flexibility index (Phi) is 4.77. The van der Waals surface area contributed by atoms with E-state index >= 15 is 0 Å². The van der Waals surface area contributed by atoms with Gasteiger partial charge in [-0.2, -0.15) is 0 Å². The first-order valence-corrected chi connectivity index (χ1v) is 9.19. The molecule has 5 heteroatoms. The lowest BCUT2D eigenvalue weighted by atomic mass is 10.1. The summed E-state index contributed by atoms with van der Waals surface area (Å²) in [6.45, 7) is 1.69. The van der Waals surface area contributed by atoms with Crippen molar-refractivity contribution in [3.05, 3.63) is 89.1 Å². The zero-order valence-electron chi connectivity index (χ0n) is 13.9. The molecule has 0 saturated heterocycles. The number of hydrogen-bond acceptors (Lipinski definition) is 5. The van der Waals surface area contributed by atoms with E-state index in [0.717, 1.165) is 30.3 Å². The first kappa shape index (κ1) is 15.9. The molecule has 4 rings (SSSR count). The summed E-state index contributed by atoms with van der Waals surface area (Å²) in [5.74, 6) is 0. The number of hydrogen-bond donors (Lipinski definition) is 2. The summed E-state index contributed by atoms with van der Waals surface area (Å²) in [4.78, 5) is 5.75. The summed E-state index contributed by atoms with van der Waals surface area (Å²) in [5, 5.41) is 6.42. The van der Waals surface area contributed by atoms with Gasteiger partial charge in [0.15, 0.2) is 5.13 Å². The van der Waals surface area contributed by atoms with Crippen LogP contribution in [0.15, 0.2) is 73.1 Å². The Morgan fingerprint density at radius 2 is 1.88 bits per heavy atom. The zero-order chi connectivity index (χ0) is 16.9. The number of nitrogens with one attached hydrogen (secondary N) is 2. The van der Waals surface area contributed by atoms with Gasteiger partial charge >= 0.3 is 0 Å². The van der Waals surface area contributed by atoms with E-state index in [-0.39, 0.29) is 0 Å². The van der Waals surface area contributed by atoms with Gasteiger partial charge in [0.05, 0.1) is 5.69 Å². The molecule has 0 unspecified atom stereocenters. The van der Waals surface area contributed by atoms with Crippen LogP contribution in [0, 0.1) is 0 Å². The highest BCUT2D eigenvalue weighted by Gasteiger charge is 2.07. The molecule has 2 aromatic carbocycles. The molecule has 1 aliphatic heterocycles. The van der Waals surface area contributed by atoms with E-state index in [0.29, 0.717) is 0 Å². The van der Waals surface area contributed by atoms with Crippen LogP contribution in [0.1, 0.15) is 16.0 Å². The monoisotopic (exact) mass is 348 g/mol. The van der Waals surface area contributed by atoms with Gasteiger partial charge in [0.25, 0.3) is 0 Å². The molecule has 25 heavy (non-hydrogen) atoms. The molecule has 0 aliphatic carbocycles. The van der Waals surface area contributed by atoms with E-state index < -0.39 is 0 Å². The second-order valence-corrected chi connectivity index (χ2v) is 7.05. The number of anilines is 2. The van der Waals surface area contributed by atoms with E-state index in [9.17, 15) is 0 Å². The molecule has 4 nitrogen and oxygen atoms in total. The van der Waals surface area contributed by atoms with E-state index in [1.807, 2.05) is 17.3 Å². The highest BCUT2D eigenvalue weighted by molar-refractivity contribution is 7.15. The summed E-state index contributed by atoms with van der Waals surface area (Å²) in [6, 6.07) is 19.0. The summed E-state index contributed by atoms with van der Waals surface area (Å²) in [6.07, 6.45) is 7.04. The van der Waals surface area contributed by atoms with E-state index in [2.05, 4.69) is 76.5 Å². The smallest absolute Gasteiger partial charge is 0.183 e. The highest BCUT2D eigenvalue weighted by Crippen LogP contribution is 2.23. The highest BCUT2D eigenvalue weighted by atomic mass is 32.1. The zero-order valence-corrected chi connectivity index (χ0v) is 14.7. The molecule has 0 atom stereocenters. The van der Waals surface area contributed by atoms with E-state index in [1.165, 1.54) is 16.0 Å². The summed E-state index contributed by atoms with van der Waals surface area (Å²) < 4.78 is 0. The molecule has 0 amide bonds. The van der Waals surface area contributed by atoms with Crippen LogP contribution in [-0.2, 0) is 13.0 Å². The SMILES string of the molecule is C1=CN(c2ccc(Cc3cnc(NCc4ccccc4)s3)cc2)NC1. The Bertz CT molecular complexity index is 840. The molecule has 3 aromatic rings. The normalized spacial score (nSPS) is 13.4. The summed E-state index contributed by atoms with van der Waals surface area (Å²) in [7, 11) is 0. The molecular formula is C20H20N4S. The topological polar surface area (TPSA) is 40.2 Å². The lowest BCUT2D eigenvalue weighted by molar-refractivity contribution is 0.814. The lowest BCUT2D eigenvalue weighted by Gasteiger charge is -2.16. The van der Waals surface area contributed by atoms with Crippen LogP contribution in [0.5, 0.6) is 0 Å². The van der Waals surface area contributed by atoms with Crippen molar-refractivity contribution in [1.29, 1.82) is 0 Å². The van der Waals surface area contributed by atoms with Crippen LogP contribution >= 0.6 is 11.3 Å². The Balaban J connectivity index is 1.35. The van der Waals surface area contributed by atoms with Gasteiger partial charge in [0.1, 0.15) is 0 Å². The molecule has 2 N–H and O–H groups in total. The molecule has 1 aliphatic rings. The fourth-order valence-corrected chi connectivity index (χ4v) is 3.60. The van der Waals surface area contributed by atoms with Crippen molar-refractivity contribution in [2.24, 2.45) is 0 Å². The van der Waals surface area contributed by atoms with Crippen LogP contribution in [0.25, 0.3) is 0 Å². The molecule has 126 valence electrons. The van der Waals surface area contributed by atoms with Gasteiger partial charge in [0.2, 0.25) is 0 Å². The van der Waals surface area contributed by atoms with Crippen molar-refractivity contribution in [3.8, 4) is 0 Å². The van der Waals surface area contributed by atoms with Crippen LogP contribution in [0.4, 0.5) is 10.8 Å². The van der Waals surface area contributed by atoms with Crippen LogP contribution < -0.4 is 15.8 Å². The average Bonchev–Trinajstić information content (AvgIpc) is 3.34. The van der Waals surface area contributed by atoms with Gasteiger partial charge in [-0.25, -0.2) is 10.4 Å². The molecule has 0 spiro atoms. The molecule has 0 bridgehead atoms. The second kappa shape index (κ2) is 7.51. The van der Waals surface area contributed by atoms with Crippen molar-refractivity contribution < 1.29 is 0 Å². The number of hydrazine groups is 1. The fraction of sp³-hybridized carbons (Fsp3) is 0.150. The van der Waals surface area contributed by atoms with Gasteiger partial charge < -0.3 is 5.32 Å². The van der Waals surface area contributed by atoms with Gasteiger partial charge in [-0.3, -0.25) is 5.01 Å². The maximum atomic E-state index is 4.49. The third kappa shape index (κ3) is 4.07. The second-order valence-electron chi connectivity index (χ2n) is 5.93. The maximum Gasteiger partial charge on any atom is 0.183 e. The predicted octanol–water partition coefficient (Wildman–Crippen LogP) is 4.18. The minimum Gasteiger partial charge on any atom is -0.357 e. The van der Waals surface area contributed by atoms with E-state index in [1.54, 1.807) is 11.3 Å². The lowest BCUT2D eigenvalue weighted by Crippen LogP contribution is -2.27. The van der Waals surface area contributed by atoms with Gasteiger partial charge in [-0.15, -0.1) is 11.3 Å². The Labute approximate surface area is 151 Å². The third-order valence-electron chi connectivity index (χ3n) is 4.07. The predicted molar refractivity (Wildman–Crippen MR) is 105 cm³/mol. The number of nitrogens with zero attached hydrogens (tertiary/aromatic N) is 2. The Morgan fingerprint density at radius 3 is 2.64 bits per heavy atom. The number of thiazole rings is 1. The third-order valence-corrected chi connectivity index (χ3v) is 5.02. The minimum absolute atomic E-state index is 0.804. The van der Waals surface area contributed by atoms with Crippen LogP contribution in [-0.4, -0.2) is 11.5 Å². The summed E-state index contributed by atoms with van der Waals surface area (Å²) >= 11 is 1.72. The van der Waals surface area contributed by atoms with Gasteiger partial charge in [-0.1, -0.05) is 48.5 Å². The largest absolute Gasteiger partial charge is 0.357 e. The van der Waals surface area contributed by atoms with Crippen LogP contribution in [0.2, 0.25) is 0 Å². The van der Waals surface area contributed by atoms with E-state index in [4.69, 9.17) is 0 Å². The van der Waals surface area contributed by atoms with Crippen molar-refractivity contribution in [3.63, 3.8) is 0 Å². The number of benzene rings is 2. The van der Waals surface area contributed by atoms with Crippen molar-refractivity contribution in [2.75, 3.05) is 16.9 Å². The minimum atomic E-state index is 0.804. The summed E-state index contributed by atoms with van der Waals surface area (Å²) in [5.41, 5.74) is 7.00. The first-order chi connectivity index (χ1) is 12.4. The number of aromatic nitrogens is 1. The standard InChI is InChI=1S/C20H20N4S/c1-2-5-17(6-3-1)14-21-20-22-15-19(25-20)13-16-7-9-18(10-8-16)24-12-4-11-23-24/h1-10,12,15,23H,11,13-14H2,(H,21,22). The van der Waals surface area contributed by atoms with Crippen molar-refractivity contribution in [2.45, 2.75) is 13.0 Å².